The third-order valence-electron chi connectivity index (χ3n) is 6.93. The fourth-order valence-corrected chi connectivity index (χ4v) is 4.68. The first-order valence-corrected chi connectivity index (χ1v) is 12.9. The lowest BCUT2D eigenvalue weighted by Gasteiger charge is -2.17. The molecule has 0 bridgehead atoms. The van der Waals surface area contributed by atoms with Crippen LogP contribution in [-0.2, 0) is 12.8 Å². The normalized spacial score (nSPS) is 10.8. The molecule has 218 valence electrons. The van der Waals surface area contributed by atoms with E-state index in [1.54, 1.807) is 48.5 Å². The van der Waals surface area contributed by atoms with Crippen molar-refractivity contribution in [2.75, 3.05) is 14.2 Å². The smallest absolute Gasteiger partial charge is 0.170 e. The number of hydrogen-bond acceptors (Lipinski definition) is 10. The summed E-state index contributed by atoms with van der Waals surface area (Å²) >= 11 is 0. The van der Waals surface area contributed by atoms with Crippen LogP contribution in [0.3, 0.4) is 0 Å². The summed E-state index contributed by atoms with van der Waals surface area (Å²) < 4.78 is 10.2. The van der Waals surface area contributed by atoms with Crippen LogP contribution in [0.15, 0.2) is 60.7 Å². The lowest BCUT2D eigenvalue weighted by molar-refractivity contribution is 0.0968. The Balaban J connectivity index is 1.66. The standard InChI is InChI=1S/C32H30O10/c1-41-19-9-3-17(4-10-19)7-13-21(33)27-23(35)15-25(37)29(31(27)39)30-26(38)16-24(36)28(32(30)40)22(34)14-8-18-5-11-20(42-2)12-6-18/h3-6,9-12,15-16,35-40H,7-8,13-14H2,1-2H3. The summed E-state index contributed by atoms with van der Waals surface area (Å²) in [5, 5.41) is 64.2. The summed E-state index contributed by atoms with van der Waals surface area (Å²) in [6.07, 6.45) is 0.224. The Morgan fingerprint density at radius 3 is 1.19 bits per heavy atom. The van der Waals surface area contributed by atoms with Crippen molar-refractivity contribution < 1.29 is 49.7 Å². The van der Waals surface area contributed by atoms with Crippen LogP contribution in [0.5, 0.6) is 46.0 Å². The van der Waals surface area contributed by atoms with E-state index in [9.17, 15) is 40.2 Å². The molecule has 10 heteroatoms. The monoisotopic (exact) mass is 574 g/mol. The molecule has 4 rings (SSSR count). The maximum absolute atomic E-state index is 13.1. The maximum Gasteiger partial charge on any atom is 0.170 e. The fourth-order valence-electron chi connectivity index (χ4n) is 4.68. The zero-order valence-electron chi connectivity index (χ0n) is 22.9. The topological polar surface area (TPSA) is 174 Å². The molecule has 6 N–H and O–H groups in total. The molecular formula is C32H30O10. The Morgan fingerprint density at radius 2 is 0.881 bits per heavy atom. The van der Waals surface area contributed by atoms with Gasteiger partial charge in [-0.05, 0) is 48.2 Å². The molecule has 0 aromatic heterocycles. The van der Waals surface area contributed by atoms with E-state index in [4.69, 9.17) is 9.47 Å². The molecule has 0 unspecified atom stereocenters. The minimum Gasteiger partial charge on any atom is -0.507 e. The van der Waals surface area contributed by atoms with Crippen LogP contribution < -0.4 is 9.47 Å². The van der Waals surface area contributed by atoms with Crippen molar-refractivity contribution in [1.29, 1.82) is 0 Å². The molecule has 0 aliphatic heterocycles. The van der Waals surface area contributed by atoms with E-state index in [-0.39, 0.29) is 25.7 Å². The second-order valence-electron chi connectivity index (χ2n) is 9.57. The van der Waals surface area contributed by atoms with Crippen molar-refractivity contribution in [2.45, 2.75) is 25.7 Å². The van der Waals surface area contributed by atoms with E-state index in [0.717, 1.165) is 23.3 Å². The van der Waals surface area contributed by atoms with Gasteiger partial charge >= 0.3 is 0 Å². The van der Waals surface area contributed by atoms with Gasteiger partial charge in [0, 0.05) is 25.0 Å². The van der Waals surface area contributed by atoms with Crippen LogP contribution in [0.2, 0.25) is 0 Å². The Labute approximate surface area is 241 Å². The third kappa shape index (κ3) is 6.02. The van der Waals surface area contributed by atoms with Gasteiger partial charge in [0.25, 0.3) is 0 Å². The summed E-state index contributed by atoms with van der Waals surface area (Å²) in [5.74, 6) is -4.95. The van der Waals surface area contributed by atoms with E-state index in [2.05, 4.69) is 0 Å². The SMILES string of the molecule is COc1ccc(CCC(=O)c2c(O)cc(O)c(-c3c(O)cc(O)c(C(=O)CCc4ccc(OC)cc4)c3O)c2O)cc1. The van der Waals surface area contributed by atoms with Gasteiger partial charge in [-0.2, -0.15) is 0 Å². The van der Waals surface area contributed by atoms with E-state index in [1.807, 2.05) is 0 Å². The molecule has 4 aromatic rings. The van der Waals surface area contributed by atoms with Gasteiger partial charge in [0.2, 0.25) is 0 Å². The van der Waals surface area contributed by atoms with Crippen LogP contribution in [0.4, 0.5) is 0 Å². The number of phenolic OH excluding ortho intramolecular Hbond substituents is 6. The average molecular weight is 575 g/mol. The zero-order valence-corrected chi connectivity index (χ0v) is 22.9. The van der Waals surface area contributed by atoms with E-state index in [0.29, 0.717) is 11.5 Å². The molecule has 0 spiro atoms. The number of ketones is 2. The van der Waals surface area contributed by atoms with Crippen LogP contribution in [-0.4, -0.2) is 56.4 Å². The van der Waals surface area contributed by atoms with Crippen molar-refractivity contribution in [2.24, 2.45) is 0 Å². The van der Waals surface area contributed by atoms with Crippen LogP contribution >= 0.6 is 0 Å². The Morgan fingerprint density at radius 1 is 0.548 bits per heavy atom. The summed E-state index contributed by atoms with van der Waals surface area (Å²) in [7, 11) is 3.05. The number of aromatic hydroxyl groups is 6. The first-order valence-electron chi connectivity index (χ1n) is 12.9. The molecular weight excluding hydrogens is 544 g/mol. The zero-order chi connectivity index (χ0) is 30.6. The number of phenols is 6. The Bertz CT molecular complexity index is 1500. The molecule has 0 saturated carbocycles. The van der Waals surface area contributed by atoms with Crippen LogP contribution in [0.25, 0.3) is 11.1 Å². The number of rotatable bonds is 11. The molecule has 0 amide bonds. The number of hydrogen-bond donors (Lipinski definition) is 6. The highest BCUT2D eigenvalue weighted by molar-refractivity contribution is 6.08. The van der Waals surface area contributed by atoms with Gasteiger partial charge in [-0.15, -0.1) is 0 Å². The number of aryl methyl sites for hydroxylation is 2. The number of carbonyl (C=O) groups excluding carboxylic acids is 2. The quantitative estimate of drug-likeness (QED) is 0.130. The second-order valence-corrected chi connectivity index (χ2v) is 9.57. The molecule has 0 aliphatic carbocycles. The predicted octanol–water partition coefficient (Wildman–Crippen LogP) is 5.24. The summed E-state index contributed by atoms with van der Waals surface area (Å²) in [4.78, 5) is 26.2. The molecule has 0 saturated heterocycles. The van der Waals surface area contributed by atoms with E-state index in [1.165, 1.54) is 14.2 Å². The highest BCUT2D eigenvalue weighted by Gasteiger charge is 2.30. The van der Waals surface area contributed by atoms with Gasteiger partial charge in [0.05, 0.1) is 25.3 Å². The van der Waals surface area contributed by atoms with Gasteiger partial charge in [0.1, 0.15) is 57.1 Å². The van der Waals surface area contributed by atoms with Gasteiger partial charge < -0.3 is 40.1 Å². The minimum atomic E-state index is -0.917. The number of Topliss-reactive ketones (excluding diaryl/α,β-unsaturated/α-hetero) is 2. The van der Waals surface area contributed by atoms with Crippen LogP contribution in [0, 0.1) is 0 Å². The molecule has 0 heterocycles. The molecule has 0 aliphatic rings. The minimum absolute atomic E-state index is 0.139. The lowest BCUT2D eigenvalue weighted by Crippen LogP contribution is -2.05. The van der Waals surface area contributed by atoms with Crippen molar-refractivity contribution in [3.63, 3.8) is 0 Å². The largest absolute Gasteiger partial charge is 0.507 e. The number of ether oxygens (including phenoxy) is 2. The summed E-state index contributed by atoms with van der Waals surface area (Å²) in [5.41, 5.74) is -0.715. The predicted molar refractivity (Wildman–Crippen MR) is 153 cm³/mol. The van der Waals surface area contributed by atoms with Gasteiger partial charge in [-0.3, -0.25) is 9.59 Å². The van der Waals surface area contributed by atoms with E-state index >= 15 is 0 Å². The third-order valence-corrected chi connectivity index (χ3v) is 6.93. The average Bonchev–Trinajstić information content (AvgIpc) is 2.96. The van der Waals surface area contributed by atoms with E-state index < -0.39 is 68.3 Å². The molecule has 0 atom stereocenters. The first kappa shape index (κ1) is 29.6. The van der Waals surface area contributed by atoms with Crippen molar-refractivity contribution in [3.05, 3.63) is 82.9 Å². The van der Waals surface area contributed by atoms with Gasteiger partial charge in [0.15, 0.2) is 11.6 Å². The Hall–Kier alpha value is -5.38. The molecule has 42 heavy (non-hydrogen) atoms. The molecule has 0 fully saturated rings. The molecule has 4 aromatic carbocycles. The van der Waals surface area contributed by atoms with Crippen molar-refractivity contribution in [3.8, 4) is 57.1 Å². The van der Waals surface area contributed by atoms with Crippen LogP contribution in [0.1, 0.15) is 44.7 Å². The first-order chi connectivity index (χ1) is 20.0. The number of benzene rings is 4. The highest BCUT2D eigenvalue weighted by Crippen LogP contribution is 2.52. The van der Waals surface area contributed by atoms with Gasteiger partial charge in [-0.1, -0.05) is 24.3 Å². The second kappa shape index (κ2) is 12.4. The maximum atomic E-state index is 13.1. The summed E-state index contributed by atoms with van der Waals surface area (Å²) in [6.45, 7) is 0. The number of carbonyl (C=O) groups is 2. The fraction of sp³-hybridized carbons (Fsp3) is 0.188. The molecule has 0 radical (unpaired) electrons. The molecule has 10 nitrogen and oxygen atoms in total. The number of methoxy groups -OCH3 is 2. The summed E-state index contributed by atoms with van der Waals surface area (Å²) in [6, 6.07) is 15.5. The highest BCUT2D eigenvalue weighted by atomic mass is 16.5. The van der Waals surface area contributed by atoms with Gasteiger partial charge in [-0.25, -0.2) is 0 Å². The van der Waals surface area contributed by atoms with Crippen molar-refractivity contribution in [1.82, 2.24) is 0 Å². The lowest BCUT2D eigenvalue weighted by atomic mass is 9.91. The van der Waals surface area contributed by atoms with Crippen molar-refractivity contribution >= 4 is 11.6 Å². The Kier molecular flexibility index (Phi) is 8.76.